The fraction of sp³-hybridized carbons (Fsp3) is 0.111. The van der Waals surface area contributed by atoms with Crippen LogP contribution in [0.2, 0.25) is 5.02 Å². The summed E-state index contributed by atoms with van der Waals surface area (Å²) in [4.78, 5) is 28.5. The summed E-state index contributed by atoms with van der Waals surface area (Å²) in [5, 5.41) is 7.21. The highest BCUT2D eigenvalue weighted by Crippen LogP contribution is 2.18. The topological polar surface area (TPSA) is 76.9 Å². The molecule has 3 aromatic rings. The van der Waals surface area contributed by atoms with E-state index in [9.17, 15) is 14.0 Å². The summed E-state index contributed by atoms with van der Waals surface area (Å²) in [6.07, 6.45) is 1.41. The number of nitrogens with one attached hydrogen (secondary N) is 1. The Morgan fingerprint density at radius 1 is 1.15 bits per heavy atom. The third-order valence-corrected chi connectivity index (χ3v) is 3.97. The number of rotatable bonds is 4. The summed E-state index contributed by atoms with van der Waals surface area (Å²) in [6.45, 7) is 1.52. The highest BCUT2D eigenvalue weighted by atomic mass is 35.5. The van der Waals surface area contributed by atoms with Gasteiger partial charge in [0.1, 0.15) is 11.9 Å². The second-order valence-electron chi connectivity index (χ2n) is 5.55. The number of anilines is 1. The van der Waals surface area contributed by atoms with Gasteiger partial charge in [0.25, 0.3) is 0 Å². The molecule has 0 saturated carbocycles. The van der Waals surface area contributed by atoms with E-state index in [0.717, 1.165) is 4.68 Å². The van der Waals surface area contributed by atoms with Gasteiger partial charge in [0.05, 0.1) is 11.9 Å². The van der Waals surface area contributed by atoms with Crippen LogP contribution in [-0.4, -0.2) is 20.7 Å². The molecule has 1 aromatic heterocycles. The first-order valence-corrected chi connectivity index (χ1v) is 8.10. The molecule has 0 saturated heterocycles. The average molecular weight is 373 g/mol. The molecule has 1 N–H and O–H groups in total. The molecule has 0 spiro atoms. The van der Waals surface area contributed by atoms with Crippen LogP contribution in [0.1, 0.15) is 13.0 Å². The van der Waals surface area contributed by atoms with Gasteiger partial charge in [-0.1, -0.05) is 23.7 Å². The molecule has 26 heavy (non-hydrogen) atoms. The van der Waals surface area contributed by atoms with Gasteiger partial charge in [-0.3, -0.25) is 4.79 Å². The van der Waals surface area contributed by atoms with Crippen LogP contribution in [-0.2, 0) is 4.79 Å². The Kier molecular flexibility index (Phi) is 5.09. The van der Waals surface area contributed by atoms with E-state index in [2.05, 4.69) is 15.4 Å². The average Bonchev–Trinajstić information content (AvgIpc) is 2.63. The predicted molar refractivity (Wildman–Crippen MR) is 96.5 cm³/mol. The molecule has 2 aromatic carbocycles. The number of aromatic nitrogens is 3. The maximum Gasteiger partial charge on any atom is 0.365 e. The van der Waals surface area contributed by atoms with Crippen molar-refractivity contribution in [3.8, 4) is 11.3 Å². The predicted octanol–water partition coefficient (Wildman–Crippen LogP) is 3.30. The molecule has 1 heterocycles. The van der Waals surface area contributed by atoms with Crippen molar-refractivity contribution in [2.45, 2.75) is 13.0 Å². The molecule has 8 heteroatoms. The van der Waals surface area contributed by atoms with Crippen molar-refractivity contribution in [3.63, 3.8) is 0 Å². The smallest absolute Gasteiger partial charge is 0.324 e. The minimum atomic E-state index is -0.890. The van der Waals surface area contributed by atoms with Crippen molar-refractivity contribution >= 4 is 23.2 Å². The van der Waals surface area contributed by atoms with Crippen LogP contribution < -0.4 is 11.0 Å². The standard InChI is InChI=1S/C18H14ClFN4O2/c1-11(17(25)22-15-8-6-14(20)7-9-15)24-18(26)23-16(10-21-24)12-2-4-13(19)5-3-12/h2-11H,1H3,(H,22,25). The molecule has 0 aliphatic rings. The number of hydrogen-bond donors (Lipinski definition) is 1. The Balaban J connectivity index is 1.79. The Bertz CT molecular complexity index is 987. The maximum atomic E-state index is 12.9. The third kappa shape index (κ3) is 3.94. The molecular weight excluding hydrogens is 359 g/mol. The number of carbonyl (C=O) groups is 1. The lowest BCUT2D eigenvalue weighted by atomic mass is 10.2. The monoisotopic (exact) mass is 372 g/mol. The van der Waals surface area contributed by atoms with Gasteiger partial charge >= 0.3 is 5.69 Å². The molecule has 0 fully saturated rings. The van der Waals surface area contributed by atoms with Crippen LogP contribution in [0.4, 0.5) is 10.1 Å². The zero-order valence-corrected chi connectivity index (χ0v) is 14.4. The normalized spacial score (nSPS) is 11.8. The van der Waals surface area contributed by atoms with Crippen molar-refractivity contribution < 1.29 is 9.18 Å². The second-order valence-corrected chi connectivity index (χ2v) is 5.98. The van der Waals surface area contributed by atoms with Crippen LogP contribution in [0.25, 0.3) is 11.3 Å². The molecular formula is C18H14ClFN4O2. The maximum absolute atomic E-state index is 12.9. The van der Waals surface area contributed by atoms with E-state index in [1.165, 1.54) is 37.4 Å². The number of hydrogen-bond acceptors (Lipinski definition) is 4. The molecule has 6 nitrogen and oxygen atoms in total. The van der Waals surface area contributed by atoms with E-state index < -0.39 is 23.5 Å². The van der Waals surface area contributed by atoms with Crippen LogP contribution >= 0.6 is 11.6 Å². The minimum Gasteiger partial charge on any atom is -0.324 e. The van der Waals surface area contributed by atoms with Crippen molar-refractivity contribution in [2.24, 2.45) is 0 Å². The van der Waals surface area contributed by atoms with Crippen LogP contribution in [0.3, 0.4) is 0 Å². The Labute approximate surface area is 153 Å². The summed E-state index contributed by atoms with van der Waals surface area (Å²) in [5.41, 5.74) is 0.838. The second kappa shape index (κ2) is 7.45. The molecule has 1 amide bonds. The van der Waals surface area contributed by atoms with Crippen molar-refractivity contribution in [2.75, 3.05) is 5.32 Å². The summed E-state index contributed by atoms with van der Waals surface area (Å²) < 4.78 is 13.9. The summed E-state index contributed by atoms with van der Waals surface area (Å²) in [7, 11) is 0. The molecule has 132 valence electrons. The molecule has 0 aliphatic heterocycles. The van der Waals surface area contributed by atoms with Gasteiger partial charge < -0.3 is 5.32 Å². The van der Waals surface area contributed by atoms with E-state index in [-0.39, 0.29) is 0 Å². The highest BCUT2D eigenvalue weighted by molar-refractivity contribution is 6.30. The van der Waals surface area contributed by atoms with Gasteiger partial charge in [-0.25, -0.2) is 13.9 Å². The Morgan fingerprint density at radius 2 is 1.81 bits per heavy atom. The van der Waals surface area contributed by atoms with Crippen LogP contribution in [0.15, 0.2) is 59.5 Å². The highest BCUT2D eigenvalue weighted by Gasteiger charge is 2.18. The van der Waals surface area contributed by atoms with E-state index >= 15 is 0 Å². The number of benzene rings is 2. The lowest BCUT2D eigenvalue weighted by molar-refractivity contribution is -0.119. The number of carbonyl (C=O) groups excluding carboxylic acids is 1. The number of amides is 1. The van der Waals surface area contributed by atoms with E-state index in [0.29, 0.717) is 22.0 Å². The van der Waals surface area contributed by atoms with Gasteiger partial charge in [0.15, 0.2) is 0 Å². The summed E-state index contributed by atoms with van der Waals surface area (Å²) in [5.74, 6) is -0.872. The molecule has 3 rings (SSSR count). The van der Waals surface area contributed by atoms with Gasteiger partial charge in [0, 0.05) is 16.3 Å². The van der Waals surface area contributed by atoms with Gasteiger partial charge in [-0.05, 0) is 43.3 Å². The first kappa shape index (κ1) is 17.8. The van der Waals surface area contributed by atoms with Crippen molar-refractivity contribution in [1.29, 1.82) is 0 Å². The molecule has 0 bridgehead atoms. The van der Waals surface area contributed by atoms with Crippen molar-refractivity contribution in [1.82, 2.24) is 14.8 Å². The van der Waals surface area contributed by atoms with Crippen molar-refractivity contribution in [3.05, 3.63) is 76.1 Å². The fourth-order valence-corrected chi connectivity index (χ4v) is 2.39. The lowest BCUT2D eigenvalue weighted by Crippen LogP contribution is -2.34. The summed E-state index contributed by atoms with van der Waals surface area (Å²) >= 11 is 5.84. The Morgan fingerprint density at radius 3 is 2.42 bits per heavy atom. The third-order valence-electron chi connectivity index (χ3n) is 3.71. The van der Waals surface area contributed by atoms with Gasteiger partial charge in [-0.2, -0.15) is 10.1 Å². The van der Waals surface area contributed by atoms with Gasteiger partial charge in [-0.15, -0.1) is 0 Å². The Hall–Kier alpha value is -3.06. The zero-order chi connectivity index (χ0) is 18.7. The molecule has 1 unspecified atom stereocenters. The van der Waals surface area contributed by atoms with Gasteiger partial charge in [0.2, 0.25) is 5.91 Å². The minimum absolute atomic E-state index is 0.383. The largest absolute Gasteiger partial charge is 0.365 e. The lowest BCUT2D eigenvalue weighted by Gasteiger charge is -2.13. The van der Waals surface area contributed by atoms with E-state index in [4.69, 9.17) is 11.6 Å². The quantitative estimate of drug-likeness (QED) is 0.762. The first-order valence-electron chi connectivity index (χ1n) is 7.72. The fourth-order valence-electron chi connectivity index (χ4n) is 2.27. The SMILES string of the molecule is CC(C(=O)Nc1ccc(F)cc1)n1ncc(-c2ccc(Cl)cc2)nc1=O. The molecule has 0 aliphatic carbocycles. The number of nitrogens with zero attached hydrogens (tertiary/aromatic N) is 3. The molecule has 1 atom stereocenters. The van der Waals surface area contributed by atoms with Crippen LogP contribution in [0.5, 0.6) is 0 Å². The van der Waals surface area contributed by atoms with E-state index in [1.807, 2.05) is 0 Å². The first-order chi connectivity index (χ1) is 12.4. The van der Waals surface area contributed by atoms with Crippen LogP contribution in [0, 0.1) is 5.82 Å². The zero-order valence-electron chi connectivity index (χ0n) is 13.7. The van der Waals surface area contributed by atoms with E-state index in [1.54, 1.807) is 24.3 Å². The summed E-state index contributed by atoms with van der Waals surface area (Å²) in [6, 6.07) is 11.2. The number of halogens is 2. The molecule has 0 radical (unpaired) electrons.